The predicted molar refractivity (Wildman–Crippen MR) is 138 cm³/mol. The number of hydrogen-bond donors (Lipinski definition) is 6. The molecule has 1 saturated heterocycles. The molecule has 6 rings (SSSR count). The van der Waals surface area contributed by atoms with Gasteiger partial charge in [0, 0.05) is 0 Å². The minimum absolute atomic E-state index is 0.0335. The SMILES string of the molecule is Nc1nc2c(nnn2[C@@H]2OC(CO)=C[C@H]2OP(O)(=S)OC[C@H]2O[C@@H](n3cnc4c(N)ncnc43)[C@@H](F)[C@@H]2O)c(=O)[nH]1. The van der Waals surface area contributed by atoms with E-state index in [9.17, 15) is 19.9 Å². The molecule has 7 atom stereocenters. The molecule has 0 saturated carbocycles. The number of fused-ring (bicyclic) bond motifs is 2. The van der Waals surface area contributed by atoms with Gasteiger partial charge in [-0.15, -0.1) is 5.10 Å². The summed E-state index contributed by atoms with van der Waals surface area (Å²) < 4.78 is 39.7. The van der Waals surface area contributed by atoms with Crippen molar-refractivity contribution in [2.75, 3.05) is 24.7 Å². The molecule has 19 nitrogen and oxygen atoms in total. The molecule has 4 aromatic rings. The largest absolute Gasteiger partial charge is 0.467 e. The van der Waals surface area contributed by atoms with E-state index in [1.54, 1.807) is 0 Å². The summed E-state index contributed by atoms with van der Waals surface area (Å²) in [4.78, 5) is 41.2. The van der Waals surface area contributed by atoms with E-state index in [1.807, 2.05) is 0 Å². The Balaban J connectivity index is 1.17. The molecule has 2 aliphatic rings. The molecule has 0 amide bonds. The van der Waals surface area contributed by atoms with Gasteiger partial charge in [0.05, 0.1) is 12.9 Å². The topological polar surface area (TPSA) is 270 Å². The molecule has 2 aliphatic heterocycles. The number of anilines is 2. The molecule has 0 spiro atoms. The minimum Gasteiger partial charge on any atom is -0.467 e. The highest BCUT2D eigenvalue weighted by Crippen LogP contribution is 2.49. The number of nitrogens with two attached hydrogens (primary N) is 2. The first-order chi connectivity index (χ1) is 19.6. The molecule has 6 heterocycles. The van der Waals surface area contributed by atoms with Gasteiger partial charge in [-0.3, -0.25) is 18.9 Å². The Hall–Kier alpha value is -3.69. The average molecular weight is 613 g/mol. The molecule has 0 aromatic carbocycles. The van der Waals surface area contributed by atoms with Crippen LogP contribution in [0.5, 0.6) is 0 Å². The molecule has 1 unspecified atom stereocenters. The van der Waals surface area contributed by atoms with Gasteiger partial charge in [0.2, 0.25) is 12.2 Å². The van der Waals surface area contributed by atoms with E-state index in [-0.39, 0.29) is 39.9 Å². The number of nitrogen functional groups attached to an aromatic ring is 2. The fourth-order valence-corrected chi connectivity index (χ4v) is 5.74. The number of aliphatic hydroxyl groups is 2. The van der Waals surface area contributed by atoms with Crippen LogP contribution >= 0.6 is 6.72 Å². The second-order valence-electron chi connectivity index (χ2n) is 8.87. The van der Waals surface area contributed by atoms with Crippen molar-refractivity contribution >= 4 is 52.6 Å². The van der Waals surface area contributed by atoms with E-state index in [0.717, 1.165) is 4.68 Å². The number of hydrogen-bond acceptors (Lipinski definition) is 16. The van der Waals surface area contributed by atoms with Crippen LogP contribution in [0.3, 0.4) is 0 Å². The lowest BCUT2D eigenvalue weighted by molar-refractivity contribution is -0.0484. The highest BCUT2D eigenvalue weighted by Gasteiger charge is 2.47. The van der Waals surface area contributed by atoms with Gasteiger partial charge in [-0.2, -0.15) is 9.67 Å². The summed E-state index contributed by atoms with van der Waals surface area (Å²) >= 11 is 5.13. The van der Waals surface area contributed by atoms with Crippen LogP contribution in [-0.4, -0.2) is 97.3 Å². The first-order valence-electron chi connectivity index (χ1n) is 11.7. The monoisotopic (exact) mass is 613 g/mol. The zero-order chi connectivity index (χ0) is 29.1. The Labute approximate surface area is 231 Å². The Bertz CT molecular complexity index is 1770. The molecular weight excluding hydrogens is 592 g/mol. The predicted octanol–water partition coefficient (Wildman–Crippen LogP) is -1.86. The van der Waals surface area contributed by atoms with Crippen LogP contribution in [0.15, 0.2) is 29.3 Å². The number of halogens is 1. The number of alkyl halides is 1. The summed E-state index contributed by atoms with van der Waals surface area (Å²) in [5.74, 6) is -0.101. The first-order valence-corrected chi connectivity index (χ1v) is 14.3. The summed E-state index contributed by atoms with van der Waals surface area (Å²) in [5, 5.41) is 27.7. The maximum absolute atomic E-state index is 15.1. The van der Waals surface area contributed by atoms with Crippen molar-refractivity contribution in [2.24, 2.45) is 0 Å². The second-order valence-corrected chi connectivity index (χ2v) is 11.7. The number of imidazole rings is 1. The van der Waals surface area contributed by atoms with E-state index in [1.165, 1.54) is 23.3 Å². The fraction of sp³-hybridized carbons (Fsp3) is 0.421. The number of nitrogens with zero attached hydrogens (tertiary/aromatic N) is 8. The summed E-state index contributed by atoms with van der Waals surface area (Å²) in [6.45, 7) is -5.25. The van der Waals surface area contributed by atoms with Gasteiger partial charge in [-0.25, -0.2) is 19.3 Å². The van der Waals surface area contributed by atoms with Gasteiger partial charge in [0.15, 0.2) is 35.0 Å². The summed E-state index contributed by atoms with van der Waals surface area (Å²) in [6.07, 6.45) is -4.93. The molecule has 218 valence electrons. The minimum atomic E-state index is -4.14. The van der Waals surface area contributed by atoms with Gasteiger partial charge >= 0.3 is 6.72 Å². The van der Waals surface area contributed by atoms with E-state index in [2.05, 4.69) is 35.2 Å². The molecule has 41 heavy (non-hydrogen) atoms. The normalized spacial score (nSPS) is 27.8. The van der Waals surface area contributed by atoms with Crippen LogP contribution in [0.4, 0.5) is 16.2 Å². The molecule has 8 N–H and O–H groups in total. The maximum Gasteiger partial charge on any atom is 0.325 e. The number of aromatic amines is 1. The Morgan fingerprint density at radius 1 is 1.22 bits per heavy atom. The van der Waals surface area contributed by atoms with E-state index < -0.39 is 62.4 Å². The van der Waals surface area contributed by atoms with Crippen molar-refractivity contribution in [3.05, 3.63) is 34.8 Å². The first kappa shape index (κ1) is 27.5. The molecule has 0 bridgehead atoms. The van der Waals surface area contributed by atoms with Crippen molar-refractivity contribution in [3.8, 4) is 0 Å². The van der Waals surface area contributed by atoms with E-state index >= 15 is 4.39 Å². The van der Waals surface area contributed by atoms with Crippen LogP contribution in [0.25, 0.3) is 22.3 Å². The molecule has 4 aromatic heterocycles. The van der Waals surface area contributed by atoms with Crippen LogP contribution < -0.4 is 17.0 Å². The quantitative estimate of drug-likeness (QED) is 0.119. The van der Waals surface area contributed by atoms with Crippen LogP contribution in [0.1, 0.15) is 12.5 Å². The number of H-pyrrole nitrogens is 1. The van der Waals surface area contributed by atoms with Gasteiger partial charge in [-0.05, 0) is 17.9 Å². The zero-order valence-electron chi connectivity index (χ0n) is 20.5. The standard InChI is InChI=1S/C19H21FN11O8PS/c20-9-12(33)8(38-18(9)30-5-25-10-13(21)23-4-24-14(10)30)3-36-40(35,41)39-7-1-6(2-32)37-17(7)31-15-11(28-29-31)16(34)27-19(22)26-15/h1,4-5,7-9,12,17-18,32-33H,2-3H2,(H,35,41)(H2,21,23,24)(H3,22,26,27,34)/t7-,8-,9+,12-,17-,18-,40?/m1/s1. The van der Waals surface area contributed by atoms with E-state index in [0.29, 0.717) is 0 Å². The summed E-state index contributed by atoms with van der Waals surface area (Å²) in [6, 6.07) is 0. The number of ether oxygens (including phenoxy) is 2. The summed E-state index contributed by atoms with van der Waals surface area (Å²) in [5.41, 5.74) is 11.0. The van der Waals surface area contributed by atoms with Crippen LogP contribution in [0, 0.1) is 0 Å². The number of aliphatic hydroxyl groups excluding tert-OH is 2. The highest BCUT2D eigenvalue weighted by atomic mass is 32.5. The van der Waals surface area contributed by atoms with Gasteiger partial charge in [-0.1, -0.05) is 5.21 Å². The lowest BCUT2D eigenvalue weighted by Gasteiger charge is -2.25. The Kier molecular flexibility index (Phi) is 6.90. The van der Waals surface area contributed by atoms with Crippen molar-refractivity contribution in [2.45, 2.75) is 36.9 Å². The number of nitrogens with one attached hydrogen (secondary N) is 1. The molecule has 22 heteroatoms. The Morgan fingerprint density at radius 2 is 2.02 bits per heavy atom. The van der Waals surface area contributed by atoms with Gasteiger partial charge in [0.25, 0.3) is 5.56 Å². The van der Waals surface area contributed by atoms with Gasteiger partial charge in [0.1, 0.15) is 42.5 Å². The fourth-order valence-electron chi connectivity index (χ4n) is 4.39. The second kappa shape index (κ2) is 10.3. The average Bonchev–Trinajstić information content (AvgIpc) is 3.69. The van der Waals surface area contributed by atoms with Crippen LogP contribution in [0.2, 0.25) is 0 Å². The van der Waals surface area contributed by atoms with E-state index in [4.69, 9.17) is 41.8 Å². The van der Waals surface area contributed by atoms with Crippen LogP contribution in [-0.2, 0) is 30.3 Å². The number of rotatable bonds is 8. The van der Waals surface area contributed by atoms with Crippen molar-refractivity contribution in [1.82, 2.24) is 44.5 Å². The lowest BCUT2D eigenvalue weighted by Crippen LogP contribution is -2.31. The third-order valence-electron chi connectivity index (χ3n) is 6.27. The maximum atomic E-state index is 15.1. The van der Waals surface area contributed by atoms with Crippen molar-refractivity contribution < 1.29 is 38.0 Å². The third-order valence-corrected chi connectivity index (χ3v) is 7.82. The van der Waals surface area contributed by atoms with Gasteiger partial charge < -0.3 is 40.6 Å². The smallest absolute Gasteiger partial charge is 0.325 e. The van der Waals surface area contributed by atoms with Crippen molar-refractivity contribution in [1.29, 1.82) is 0 Å². The third kappa shape index (κ3) is 4.91. The number of aromatic nitrogens is 9. The lowest BCUT2D eigenvalue weighted by atomic mass is 10.1. The molecule has 0 aliphatic carbocycles. The Morgan fingerprint density at radius 3 is 2.80 bits per heavy atom. The zero-order valence-corrected chi connectivity index (χ0v) is 22.2. The molecule has 0 radical (unpaired) electrons. The highest BCUT2D eigenvalue weighted by molar-refractivity contribution is 8.07. The molecule has 1 fully saturated rings. The molecular formula is C19H21FN11O8PS. The van der Waals surface area contributed by atoms with Crippen molar-refractivity contribution in [3.63, 3.8) is 0 Å². The summed E-state index contributed by atoms with van der Waals surface area (Å²) in [7, 11) is 0.